The molecule has 3 aliphatic carbocycles. The summed E-state index contributed by atoms with van der Waals surface area (Å²) in [6, 6.07) is 29.9. The summed E-state index contributed by atoms with van der Waals surface area (Å²) in [6.45, 7) is 1.90. The molecule has 51 heavy (non-hydrogen) atoms. The van der Waals surface area contributed by atoms with Gasteiger partial charge in [-0.1, -0.05) is 78.4 Å². The van der Waals surface area contributed by atoms with E-state index >= 15 is 0 Å². The molecule has 0 saturated carbocycles. The summed E-state index contributed by atoms with van der Waals surface area (Å²) in [6.07, 6.45) is 3.64. The van der Waals surface area contributed by atoms with E-state index in [0.29, 0.717) is 51.5 Å². The summed E-state index contributed by atoms with van der Waals surface area (Å²) in [4.78, 5) is 69.7. The third-order valence-corrected chi connectivity index (χ3v) is 10.5. The van der Waals surface area contributed by atoms with Crippen LogP contribution in [0.15, 0.2) is 138 Å². The van der Waals surface area contributed by atoms with Gasteiger partial charge in [0, 0.05) is 45.4 Å². The number of amides is 2. The van der Waals surface area contributed by atoms with Gasteiger partial charge in [-0.2, -0.15) is 0 Å². The number of carbonyl (C=O) groups excluding carboxylic acids is 5. The number of imide groups is 1. The molecule has 2 amide bonds. The first kappa shape index (κ1) is 32.1. The maximum absolute atomic E-state index is 14.3. The second-order valence-electron chi connectivity index (χ2n) is 13.5. The summed E-state index contributed by atoms with van der Waals surface area (Å²) in [5.41, 5.74) is 4.38. The minimum Gasteiger partial charge on any atom is -0.507 e. The van der Waals surface area contributed by atoms with Crippen LogP contribution in [0.5, 0.6) is 11.5 Å². The Bertz CT molecular complexity index is 2230. The molecule has 1 saturated heterocycles. The molecule has 8 heteroatoms. The molecule has 252 valence electrons. The molecule has 0 unspecified atom stereocenters. The number of ether oxygens (including phenoxy) is 1. The predicted octanol–water partition coefficient (Wildman–Crippen LogP) is 6.84. The summed E-state index contributed by atoms with van der Waals surface area (Å²) in [7, 11) is 0. The van der Waals surface area contributed by atoms with E-state index < -0.39 is 23.7 Å². The van der Waals surface area contributed by atoms with Gasteiger partial charge in [-0.05, 0) is 67.7 Å². The largest absolute Gasteiger partial charge is 0.507 e. The van der Waals surface area contributed by atoms with Crippen molar-refractivity contribution in [2.45, 2.75) is 32.3 Å². The number of hydrogen-bond donors (Lipinski definition) is 1. The van der Waals surface area contributed by atoms with Gasteiger partial charge in [0.15, 0.2) is 17.3 Å². The second kappa shape index (κ2) is 12.6. The molecule has 0 aromatic heterocycles. The SMILES string of the molecule is CC1=CC(=O)C2=C(C1=O)[C@@H](c1ccc(OCc3ccccc3)cc1O)C1=CC[C@@H]3C(=O)N(c4ccc(C(=O)c5ccccc5)cc4)C(=O)[C@@H]3[C@@H]1C2. The number of phenolic OH excluding ortho intramolecular Hbond substituents is 1. The zero-order chi connectivity index (χ0) is 35.4. The van der Waals surface area contributed by atoms with Crippen molar-refractivity contribution in [1.29, 1.82) is 0 Å². The average molecular weight is 676 g/mol. The maximum Gasteiger partial charge on any atom is 0.238 e. The van der Waals surface area contributed by atoms with Crippen LogP contribution in [0.1, 0.15) is 52.7 Å². The number of hydrogen-bond acceptors (Lipinski definition) is 7. The fourth-order valence-electron chi connectivity index (χ4n) is 8.09. The average Bonchev–Trinajstić information content (AvgIpc) is 3.41. The van der Waals surface area contributed by atoms with Crippen LogP contribution in [-0.4, -0.2) is 34.3 Å². The van der Waals surface area contributed by atoms with Crippen LogP contribution in [0.2, 0.25) is 0 Å². The van der Waals surface area contributed by atoms with Gasteiger partial charge in [-0.3, -0.25) is 28.9 Å². The molecule has 1 aliphatic heterocycles. The molecule has 1 heterocycles. The molecule has 1 fully saturated rings. The number of Topliss-reactive ketones (excluding diaryl/α,β-unsaturated/α-hetero) is 1. The lowest BCUT2D eigenvalue weighted by Gasteiger charge is -2.42. The Labute approximate surface area is 294 Å². The summed E-state index contributed by atoms with van der Waals surface area (Å²) >= 11 is 0. The van der Waals surface area contributed by atoms with Crippen molar-refractivity contribution in [1.82, 2.24) is 0 Å². The molecule has 0 spiro atoms. The number of allylic oxidation sites excluding steroid dienone is 6. The Kier molecular flexibility index (Phi) is 7.94. The number of benzene rings is 4. The highest BCUT2D eigenvalue weighted by atomic mass is 16.5. The lowest BCUT2D eigenvalue weighted by atomic mass is 9.59. The topological polar surface area (TPSA) is 118 Å². The number of phenols is 1. The normalized spacial score (nSPS) is 22.6. The van der Waals surface area contributed by atoms with Gasteiger partial charge in [0.2, 0.25) is 11.8 Å². The molecular formula is C43H33NO7. The van der Waals surface area contributed by atoms with Gasteiger partial charge in [0.25, 0.3) is 0 Å². The molecule has 4 atom stereocenters. The van der Waals surface area contributed by atoms with Gasteiger partial charge >= 0.3 is 0 Å². The monoisotopic (exact) mass is 675 g/mol. The Balaban J connectivity index is 1.12. The fraction of sp³-hybridized carbons (Fsp3) is 0.186. The van der Waals surface area contributed by atoms with E-state index in [4.69, 9.17) is 4.74 Å². The zero-order valence-electron chi connectivity index (χ0n) is 27.7. The van der Waals surface area contributed by atoms with Crippen molar-refractivity contribution < 1.29 is 33.8 Å². The molecule has 0 radical (unpaired) electrons. The lowest BCUT2D eigenvalue weighted by molar-refractivity contribution is -0.123. The summed E-state index contributed by atoms with van der Waals surface area (Å²) in [5, 5.41) is 11.5. The first-order valence-corrected chi connectivity index (χ1v) is 17.0. The Morgan fingerprint density at radius 2 is 1.51 bits per heavy atom. The molecule has 0 bridgehead atoms. The van der Waals surface area contributed by atoms with E-state index in [1.807, 2.05) is 42.5 Å². The van der Waals surface area contributed by atoms with Gasteiger partial charge in [0.05, 0.1) is 17.5 Å². The van der Waals surface area contributed by atoms with E-state index in [2.05, 4.69) is 0 Å². The van der Waals surface area contributed by atoms with E-state index in [-0.39, 0.29) is 47.8 Å². The number of aromatic hydroxyl groups is 1. The molecule has 4 aromatic carbocycles. The number of fused-ring (bicyclic) bond motifs is 3. The smallest absolute Gasteiger partial charge is 0.238 e. The van der Waals surface area contributed by atoms with Crippen LogP contribution in [0.3, 0.4) is 0 Å². The van der Waals surface area contributed by atoms with Crippen LogP contribution in [0, 0.1) is 17.8 Å². The van der Waals surface area contributed by atoms with Gasteiger partial charge in [0.1, 0.15) is 18.1 Å². The van der Waals surface area contributed by atoms with Crippen molar-refractivity contribution in [3.05, 3.63) is 160 Å². The number of rotatable bonds is 7. The Hall–Kier alpha value is -6.15. The highest BCUT2D eigenvalue weighted by molar-refractivity contribution is 6.25. The van der Waals surface area contributed by atoms with Crippen LogP contribution >= 0.6 is 0 Å². The third kappa shape index (κ3) is 5.44. The minimum absolute atomic E-state index is 0.103. The Morgan fingerprint density at radius 3 is 2.22 bits per heavy atom. The number of carbonyl (C=O) groups is 5. The predicted molar refractivity (Wildman–Crippen MR) is 189 cm³/mol. The molecule has 4 aromatic rings. The molecule has 8 nitrogen and oxygen atoms in total. The molecule has 8 rings (SSSR count). The zero-order valence-corrected chi connectivity index (χ0v) is 27.7. The summed E-state index contributed by atoms with van der Waals surface area (Å²) < 4.78 is 5.94. The first-order valence-electron chi connectivity index (χ1n) is 17.0. The van der Waals surface area contributed by atoms with Crippen LogP contribution in [-0.2, 0) is 25.8 Å². The van der Waals surface area contributed by atoms with E-state index in [9.17, 15) is 29.1 Å². The molecule has 1 N–H and O–H groups in total. The maximum atomic E-state index is 14.3. The lowest BCUT2D eigenvalue weighted by Crippen LogP contribution is -2.39. The van der Waals surface area contributed by atoms with Crippen molar-refractivity contribution in [2.24, 2.45) is 17.8 Å². The van der Waals surface area contributed by atoms with Crippen molar-refractivity contribution in [3.8, 4) is 11.5 Å². The highest BCUT2D eigenvalue weighted by Gasteiger charge is 2.56. The van der Waals surface area contributed by atoms with E-state index in [1.165, 1.54) is 17.0 Å². The number of nitrogens with zero attached hydrogens (tertiary/aromatic N) is 1. The van der Waals surface area contributed by atoms with Gasteiger partial charge in [-0.25, -0.2) is 0 Å². The summed E-state index contributed by atoms with van der Waals surface area (Å²) in [5.74, 6) is -3.92. The van der Waals surface area contributed by atoms with Crippen LogP contribution < -0.4 is 9.64 Å². The number of anilines is 1. The van der Waals surface area contributed by atoms with Gasteiger partial charge < -0.3 is 9.84 Å². The molecular weight excluding hydrogens is 642 g/mol. The van der Waals surface area contributed by atoms with Crippen molar-refractivity contribution in [3.63, 3.8) is 0 Å². The van der Waals surface area contributed by atoms with Crippen LogP contribution in [0.25, 0.3) is 0 Å². The second-order valence-corrected chi connectivity index (χ2v) is 13.5. The third-order valence-electron chi connectivity index (χ3n) is 10.5. The standard InChI is InChI=1S/C43H33NO7/c1-24-20-35(45)34-22-33-30(37(39(34)40(24)47)31-17-16-29(21-36(31)46)51-23-25-8-4-2-5-9-25)18-19-32-38(33)43(50)44(42(32)49)28-14-12-27(13-15-28)41(48)26-10-6-3-7-11-26/h2-18,20-21,32-33,37-38,46H,19,22-23H2,1H3/t32-,33+,37+,38-/m0/s1. The fourth-order valence-corrected chi connectivity index (χ4v) is 8.09. The van der Waals surface area contributed by atoms with Gasteiger partial charge in [-0.15, -0.1) is 0 Å². The quantitative estimate of drug-likeness (QED) is 0.0987. The van der Waals surface area contributed by atoms with E-state index in [0.717, 1.165) is 11.1 Å². The molecule has 4 aliphatic rings. The Morgan fingerprint density at radius 1 is 0.824 bits per heavy atom. The van der Waals surface area contributed by atoms with Crippen LogP contribution in [0.4, 0.5) is 5.69 Å². The van der Waals surface area contributed by atoms with E-state index in [1.54, 1.807) is 67.6 Å². The first-order chi connectivity index (χ1) is 24.7. The van der Waals surface area contributed by atoms with Crippen molar-refractivity contribution >= 4 is 34.9 Å². The minimum atomic E-state index is -0.789. The highest BCUT2D eigenvalue weighted by Crippen LogP contribution is 2.56. The van der Waals surface area contributed by atoms with Crippen molar-refractivity contribution in [2.75, 3.05) is 4.90 Å². The number of ketones is 3.